The fourth-order valence-electron chi connectivity index (χ4n) is 2.27. The Bertz CT molecular complexity index is 835. The number of carbonyl (C=O) groups excluding carboxylic acids is 2. The maximum Gasteiger partial charge on any atom is 0.276 e. The molecule has 2 aromatic rings. The van der Waals surface area contributed by atoms with Crippen molar-refractivity contribution in [2.45, 2.75) is 20.8 Å². The number of halogens is 2. The molecule has 0 atom stereocenters. The van der Waals surface area contributed by atoms with Crippen molar-refractivity contribution < 1.29 is 19.1 Å². The van der Waals surface area contributed by atoms with Crippen LogP contribution in [0.5, 0.6) is 11.5 Å². The van der Waals surface area contributed by atoms with Gasteiger partial charge in [-0.3, -0.25) is 20.4 Å². The Morgan fingerprint density at radius 2 is 1.48 bits per heavy atom. The number of nitrogens with one attached hydrogen (secondary N) is 2. The van der Waals surface area contributed by atoms with Crippen LogP contribution in [-0.2, 0) is 9.59 Å². The van der Waals surface area contributed by atoms with E-state index in [1.807, 2.05) is 32.9 Å². The summed E-state index contributed by atoms with van der Waals surface area (Å²) >= 11 is 9.45. The number of amides is 2. The second-order valence-corrected chi connectivity index (χ2v) is 7.25. The molecule has 0 radical (unpaired) electrons. The van der Waals surface area contributed by atoms with Gasteiger partial charge in [0.25, 0.3) is 11.8 Å². The number of hydrazine groups is 1. The number of aryl methyl sites for hydroxylation is 3. The predicted octanol–water partition coefficient (Wildman–Crippen LogP) is 3.63. The first-order valence-electron chi connectivity index (χ1n) is 8.12. The molecule has 0 fully saturated rings. The van der Waals surface area contributed by atoms with Crippen molar-refractivity contribution in [1.29, 1.82) is 0 Å². The smallest absolute Gasteiger partial charge is 0.276 e. The van der Waals surface area contributed by atoms with E-state index in [2.05, 4.69) is 26.8 Å². The summed E-state index contributed by atoms with van der Waals surface area (Å²) in [6.07, 6.45) is 0. The van der Waals surface area contributed by atoms with E-state index in [9.17, 15) is 9.59 Å². The van der Waals surface area contributed by atoms with Gasteiger partial charge in [-0.25, -0.2) is 0 Å². The summed E-state index contributed by atoms with van der Waals surface area (Å²) in [4.78, 5) is 23.6. The fraction of sp³-hybridized carbons (Fsp3) is 0.263. The standard InChI is InChI=1S/C19H20BrClN2O4/c1-11-6-14(20)4-5-16(11)27-10-18(25)23-22-17(24)9-26-15-7-12(2)19(21)13(3)8-15/h4-8H,9-10H2,1-3H3,(H,22,24)(H,23,25). The molecular formula is C19H20BrClN2O4. The number of rotatable bonds is 6. The molecule has 0 aliphatic heterocycles. The number of carbonyl (C=O) groups is 2. The van der Waals surface area contributed by atoms with Gasteiger partial charge in [-0.05, 0) is 67.8 Å². The second-order valence-electron chi connectivity index (χ2n) is 5.95. The molecule has 2 rings (SSSR count). The van der Waals surface area contributed by atoms with Crippen LogP contribution in [0, 0.1) is 20.8 Å². The highest BCUT2D eigenvalue weighted by Gasteiger charge is 2.09. The van der Waals surface area contributed by atoms with Crippen LogP contribution < -0.4 is 20.3 Å². The largest absolute Gasteiger partial charge is 0.484 e. The molecule has 0 aliphatic rings. The second kappa shape index (κ2) is 9.62. The molecule has 2 N–H and O–H groups in total. The van der Waals surface area contributed by atoms with Crippen LogP contribution in [0.1, 0.15) is 16.7 Å². The molecule has 27 heavy (non-hydrogen) atoms. The normalized spacial score (nSPS) is 10.3. The molecule has 0 aliphatic carbocycles. The Hall–Kier alpha value is -2.25. The average molecular weight is 456 g/mol. The SMILES string of the molecule is Cc1cc(Br)ccc1OCC(=O)NNC(=O)COc1cc(C)c(Cl)c(C)c1. The monoisotopic (exact) mass is 454 g/mol. The molecular weight excluding hydrogens is 436 g/mol. The van der Waals surface area contributed by atoms with Crippen molar-refractivity contribution in [2.75, 3.05) is 13.2 Å². The van der Waals surface area contributed by atoms with E-state index < -0.39 is 11.8 Å². The maximum absolute atomic E-state index is 11.8. The summed E-state index contributed by atoms with van der Waals surface area (Å²) in [7, 11) is 0. The van der Waals surface area contributed by atoms with Crippen molar-refractivity contribution in [2.24, 2.45) is 0 Å². The summed E-state index contributed by atoms with van der Waals surface area (Å²) < 4.78 is 11.8. The minimum atomic E-state index is -0.492. The van der Waals surface area contributed by atoms with Crippen molar-refractivity contribution in [3.8, 4) is 11.5 Å². The summed E-state index contributed by atoms with van der Waals surface area (Å²) in [5.41, 5.74) is 7.17. The Kier molecular flexibility index (Phi) is 7.50. The van der Waals surface area contributed by atoms with Gasteiger partial charge in [-0.2, -0.15) is 0 Å². The van der Waals surface area contributed by atoms with Gasteiger partial charge in [-0.15, -0.1) is 0 Å². The zero-order valence-corrected chi connectivity index (χ0v) is 17.5. The zero-order valence-electron chi connectivity index (χ0n) is 15.2. The molecule has 8 heteroatoms. The highest BCUT2D eigenvalue weighted by Crippen LogP contribution is 2.25. The van der Waals surface area contributed by atoms with Gasteiger partial charge in [0.1, 0.15) is 11.5 Å². The zero-order chi connectivity index (χ0) is 20.0. The van der Waals surface area contributed by atoms with Crippen molar-refractivity contribution in [3.63, 3.8) is 0 Å². The van der Waals surface area contributed by atoms with Crippen LogP contribution in [-0.4, -0.2) is 25.0 Å². The lowest BCUT2D eigenvalue weighted by atomic mass is 10.1. The summed E-state index contributed by atoms with van der Waals surface area (Å²) in [5.74, 6) is 0.152. The van der Waals surface area contributed by atoms with Crippen LogP contribution in [0.4, 0.5) is 0 Å². The lowest BCUT2D eigenvalue weighted by molar-refractivity contribution is -0.131. The van der Waals surface area contributed by atoms with E-state index in [0.717, 1.165) is 21.2 Å². The maximum atomic E-state index is 11.8. The van der Waals surface area contributed by atoms with Gasteiger partial charge in [0.2, 0.25) is 0 Å². The molecule has 144 valence electrons. The minimum absolute atomic E-state index is 0.223. The predicted molar refractivity (Wildman–Crippen MR) is 107 cm³/mol. The first-order chi connectivity index (χ1) is 12.8. The average Bonchev–Trinajstić information content (AvgIpc) is 2.61. The third-order valence-corrected chi connectivity index (χ3v) is 4.71. The molecule has 0 saturated heterocycles. The van der Waals surface area contributed by atoms with E-state index in [4.69, 9.17) is 21.1 Å². The molecule has 0 bridgehead atoms. The Morgan fingerprint density at radius 3 is 2.04 bits per heavy atom. The lowest BCUT2D eigenvalue weighted by Gasteiger charge is -2.12. The first kappa shape index (κ1) is 21.1. The van der Waals surface area contributed by atoms with Crippen LogP contribution >= 0.6 is 27.5 Å². The topological polar surface area (TPSA) is 76.7 Å². The third kappa shape index (κ3) is 6.45. The summed E-state index contributed by atoms with van der Waals surface area (Å²) in [6.45, 7) is 5.12. The lowest BCUT2D eigenvalue weighted by Crippen LogP contribution is -2.45. The van der Waals surface area contributed by atoms with E-state index in [1.165, 1.54) is 0 Å². The van der Waals surface area contributed by atoms with Gasteiger partial charge in [-0.1, -0.05) is 27.5 Å². The minimum Gasteiger partial charge on any atom is -0.484 e. The van der Waals surface area contributed by atoms with E-state index in [1.54, 1.807) is 18.2 Å². The van der Waals surface area contributed by atoms with Gasteiger partial charge in [0.15, 0.2) is 13.2 Å². The number of benzene rings is 2. The van der Waals surface area contributed by atoms with Crippen LogP contribution in [0.3, 0.4) is 0 Å². The van der Waals surface area contributed by atoms with Crippen LogP contribution in [0.25, 0.3) is 0 Å². The van der Waals surface area contributed by atoms with Gasteiger partial charge in [0, 0.05) is 9.50 Å². The van der Waals surface area contributed by atoms with E-state index in [-0.39, 0.29) is 13.2 Å². The molecule has 0 heterocycles. The van der Waals surface area contributed by atoms with E-state index >= 15 is 0 Å². The summed E-state index contributed by atoms with van der Waals surface area (Å²) in [6, 6.07) is 8.95. The van der Waals surface area contributed by atoms with Gasteiger partial charge >= 0.3 is 0 Å². The van der Waals surface area contributed by atoms with Crippen molar-refractivity contribution in [1.82, 2.24) is 10.9 Å². The summed E-state index contributed by atoms with van der Waals surface area (Å²) in [5, 5.41) is 0.667. The number of hydrogen-bond donors (Lipinski definition) is 2. The van der Waals surface area contributed by atoms with Crippen molar-refractivity contribution in [3.05, 3.63) is 56.5 Å². The molecule has 0 aromatic heterocycles. The number of ether oxygens (including phenoxy) is 2. The van der Waals surface area contributed by atoms with Gasteiger partial charge < -0.3 is 9.47 Å². The number of hydrogen-bond acceptors (Lipinski definition) is 4. The van der Waals surface area contributed by atoms with Crippen LogP contribution in [0.15, 0.2) is 34.8 Å². The highest BCUT2D eigenvalue weighted by atomic mass is 79.9. The third-order valence-electron chi connectivity index (χ3n) is 3.62. The molecule has 2 amide bonds. The molecule has 0 saturated carbocycles. The molecule has 0 spiro atoms. The molecule has 0 unspecified atom stereocenters. The Balaban J connectivity index is 1.74. The fourth-order valence-corrected chi connectivity index (χ4v) is 2.85. The first-order valence-corrected chi connectivity index (χ1v) is 9.29. The highest BCUT2D eigenvalue weighted by molar-refractivity contribution is 9.10. The van der Waals surface area contributed by atoms with Crippen molar-refractivity contribution >= 4 is 39.3 Å². The molecule has 2 aromatic carbocycles. The quantitative estimate of drug-likeness (QED) is 0.652. The molecule has 6 nitrogen and oxygen atoms in total. The van der Waals surface area contributed by atoms with Gasteiger partial charge in [0.05, 0.1) is 0 Å². The Labute approximate surface area is 171 Å². The van der Waals surface area contributed by atoms with E-state index in [0.29, 0.717) is 16.5 Å². The van der Waals surface area contributed by atoms with Crippen LogP contribution in [0.2, 0.25) is 5.02 Å². The Morgan fingerprint density at radius 1 is 0.926 bits per heavy atom.